The monoisotopic (exact) mass is 183 g/mol. The molecule has 0 spiro atoms. The van der Waals surface area contributed by atoms with Gasteiger partial charge in [0.25, 0.3) is 0 Å². The summed E-state index contributed by atoms with van der Waals surface area (Å²) < 4.78 is 4.87. The van der Waals surface area contributed by atoms with Crippen LogP contribution in [0.4, 0.5) is 0 Å². The molecule has 72 valence electrons. The van der Waals surface area contributed by atoms with Crippen LogP contribution in [0.2, 0.25) is 0 Å². The van der Waals surface area contributed by atoms with Crippen molar-refractivity contribution in [3.63, 3.8) is 0 Å². The zero-order chi connectivity index (χ0) is 9.84. The van der Waals surface area contributed by atoms with Crippen molar-refractivity contribution in [2.75, 3.05) is 20.6 Å². The molecule has 0 N–H and O–H groups in total. The largest absolute Gasteiger partial charge is 0.339 e. The minimum atomic E-state index is -0.167. The molecule has 0 aliphatic carbocycles. The molecule has 5 nitrogen and oxygen atoms in total. The van der Waals surface area contributed by atoms with Crippen LogP contribution < -0.4 is 0 Å². The number of likely N-dealkylation sites (N-methyl/N-ethyl adjacent to an activating group) is 1. The SMILES string of the molecule is CC(=O)c1noc(CCN(C)C)n1. The van der Waals surface area contributed by atoms with Gasteiger partial charge in [0.15, 0.2) is 0 Å². The summed E-state index contributed by atoms with van der Waals surface area (Å²) >= 11 is 0. The van der Waals surface area contributed by atoms with Crippen LogP contribution >= 0.6 is 0 Å². The molecule has 0 bridgehead atoms. The van der Waals surface area contributed by atoms with Crippen LogP contribution in [0.15, 0.2) is 4.52 Å². The number of hydrogen-bond acceptors (Lipinski definition) is 5. The maximum Gasteiger partial charge on any atom is 0.238 e. The van der Waals surface area contributed by atoms with Gasteiger partial charge in [-0.25, -0.2) is 0 Å². The fourth-order valence-electron chi connectivity index (χ4n) is 0.819. The number of ketones is 1. The van der Waals surface area contributed by atoms with Crippen LogP contribution in [0, 0.1) is 0 Å². The summed E-state index contributed by atoms with van der Waals surface area (Å²) in [5, 5.41) is 3.54. The standard InChI is InChI=1S/C8H13N3O2/c1-6(12)8-9-7(13-10-8)4-5-11(2)3/h4-5H2,1-3H3. The number of hydrogen-bond donors (Lipinski definition) is 0. The fraction of sp³-hybridized carbons (Fsp3) is 0.625. The first-order valence-corrected chi connectivity index (χ1v) is 4.08. The molecule has 0 saturated carbocycles. The molecule has 0 amide bonds. The second-order valence-electron chi connectivity index (χ2n) is 3.12. The van der Waals surface area contributed by atoms with Crippen LogP contribution in [0.1, 0.15) is 23.4 Å². The normalized spacial score (nSPS) is 10.8. The van der Waals surface area contributed by atoms with Gasteiger partial charge < -0.3 is 9.42 Å². The third-order valence-corrected chi connectivity index (χ3v) is 1.56. The number of nitrogens with zero attached hydrogens (tertiary/aromatic N) is 3. The second-order valence-corrected chi connectivity index (χ2v) is 3.12. The van der Waals surface area contributed by atoms with Crippen molar-refractivity contribution in [3.8, 4) is 0 Å². The molecule has 13 heavy (non-hydrogen) atoms. The smallest absolute Gasteiger partial charge is 0.238 e. The summed E-state index contributed by atoms with van der Waals surface area (Å²) in [5.74, 6) is 0.507. The Hall–Kier alpha value is -1.23. The zero-order valence-electron chi connectivity index (χ0n) is 8.07. The zero-order valence-corrected chi connectivity index (χ0v) is 8.07. The van der Waals surface area contributed by atoms with E-state index in [1.165, 1.54) is 6.92 Å². The Morgan fingerprint density at radius 1 is 1.54 bits per heavy atom. The van der Waals surface area contributed by atoms with E-state index < -0.39 is 0 Å². The molecule has 0 fully saturated rings. The quantitative estimate of drug-likeness (QED) is 0.631. The predicted molar refractivity (Wildman–Crippen MR) is 46.6 cm³/mol. The van der Waals surface area contributed by atoms with Gasteiger partial charge in [0.1, 0.15) is 0 Å². The Bertz CT molecular complexity index is 293. The van der Waals surface area contributed by atoms with Crippen molar-refractivity contribution in [2.24, 2.45) is 0 Å². The summed E-state index contributed by atoms with van der Waals surface area (Å²) in [5.41, 5.74) is 0. The predicted octanol–water partition coefficient (Wildman–Crippen LogP) is 0.376. The average molecular weight is 183 g/mol. The molecule has 1 rings (SSSR count). The van der Waals surface area contributed by atoms with E-state index in [2.05, 4.69) is 10.1 Å². The minimum Gasteiger partial charge on any atom is -0.339 e. The maximum absolute atomic E-state index is 10.8. The van der Waals surface area contributed by atoms with E-state index in [-0.39, 0.29) is 11.6 Å². The van der Waals surface area contributed by atoms with Crippen LogP contribution in [-0.4, -0.2) is 41.5 Å². The van der Waals surface area contributed by atoms with Crippen LogP contribution in [0.5, 0.6) is 0 Å². The summed E-state index contributed by atoms with van der Waals surface area (Å²) in [6.07, 6.45) is 0.674. The Kier molecular flexibility index (Phi) is 3.13. The van der Waals surface area contributed by atoms with E-state index in [1.807, 2.05) is 19.0 Å². The highest BCUT2D eigenvalue weighted by Gasteiger charge is 2.09. The lowest BCUT2D eigenvalue weighted by Crippen LogP contribution is -2.15. The molecular weight excluding hydrogens is 170 g/mol. The van der Waals surface area contributed by atoms with Gasteiger partial charge in [0.05, 0.1) is 0 Å². The maximum atomic E-state index is 10.8. The highest BCUT2D eigenvalue weighted by atomic mass is 16.5. The van der Waals surface area contributed by atoms with Crippen LogP contribution in [0.25, 0.3) is 0 Å². The highest BCUT2D eigenvalue weighted by molar-refractivity contribution is 5.89. The van der Waals surface area contributed by atoms with Crippen molar-refractivity contribution in [2.45, 2.75) is 13.3 Å². The third kappa shape index (κ3) is 2.95. The van der Waals surface area contributed by atoms with E-state index in [9.17, 15) is 4.79 Å². The molecule has 0 radical (unpaired) electrons. The highest BCUT2D eigenvalue weighted by Crippen LogP contribution is 1.99. The van der Waals surface area contributed by atoms with E-state index in [4.69, 9.17) is 4.52 Å². The molecular formula is C8H13N3O2. The molecule has 0 aliphatic heterocycles. The number of carbonyl (C=O) groups is 1. The van der Waals surface area contributed by atoms with Crippen molar-refractivity contribution in [1.82, 2.24) is 15.0 Å². The molecule has 0 unspecified atom stereocenters. The van der Waals surface area contributed by atoms with Crippen molar-refractivity contribution in [1.29, 1.82) is 0 Å². The van der Waals surface area contributed by atoms with E-state index in [1.54, 1.807) is 0 Å². The Labute approximate surface area is 76.7 Å². The first kappa shape index (κ1) is 9.85. The van der Waals surface area contributed by atoms with Gasteiger partial charge in [-0.1, -0.05) is 5.16 Å². The molecule has 0 saturated heterocycles. The van der Waals surface area contributed by atoms with Gasteiger partial charge in [-0.3, -0.25) is 4.79 Å². The Balaban J connectivity index is 2.54. The summed E-state index contributed by atoms with van der Waals surface area (Å²) in [7, 11) is 3.92. The van der Waals surface area contributed by atoms with Gasteiger partial charge in [0, 0.05) is 19.9 Å². The minimum absolute atomic E-state index is 0.161. The molecule has 0 atom stereocenters. The fourth-order valence-corrected chi connectivity index (χ4v) is 0.819. The molecule has 1 aromatic rings. The Morgan fingerprint density at radius 2 is 2.23 bits per heavy atom. The van der Waals surface area contributed by atoms with Gasteiger partial charge in [0.2, 0.25) is 17.5 Å². The lowest BCUT2D eigenvalue weighted by molar-refractivity contribution is 0.100. The van der Waals surface area contributed by atoms with Gasteiger partial charge in [-0.15, -0.1) is 0 Å². The van der Waals surface area contributed by atoms with Crippen molar-refractivity contribution < 1.29 is 9.32 Å². The summed E-state index contributed by atoms with van der Waals surface area (Å²) in [6.45, 7) is 2.25. The molecule has 5 heteroatoms. The van der Waals surface area contributed by atoms with E-state index in [0.717, 1.165) is 6.54 Å². The van der Waals surface area contributed by atoms with Crippen molar-refractivity contribution in [3.05, 3.63) is 11.7 Å². The average Bonchev–Trinajstić information content (AvgIpc) is 2.48. The lowest BCUT2D eigenvalue weighted by atomic mass is 10.4. The van der Waals surface area contributed by atoms with E-state index >= 15 is 0 Å². The van der Waals surface area contributed by atoms with Crippen LogP contribution in [0.3, 0.4) is 0 Å². The topological polar surface area (TPSA) is 59.2 Å². The number of Topliss-reactive ketones (excluding diaryl/α,β-unsaturated/α-hetero) is 1. The van der Waals surface area contributed by atoms with E-state index in [0.29, 0.717) is 12.3 Å². The molecule has 1 aromatic heterocycles. The third-order valence-electron chi connectivity index (χ3n) is 1.56. The second kappa shape index (κ2) is 4.13. The summed E-state index contributed by atoms with van der Waals surface area (Å²) in [6, 6.07) is 0. The number of aromatic nitrogens is 2. The summed E-state index contributed by atoms with van der Waals surface area (Å²) in [4.78, 5) is 16.7. The first-order chi connectivity index (χ1) is 6.09. The lowest BCUT2D eigenvalue weighted by Gasteiger charge is -2.05. The Morgan fingerprint density at radius 3 is 2.69 bits per heavy atom. The van der Waals surface area contributed by atoms with Crippen molar-refractivity contribution >= 4 is 5.78 Å². The number of carbonyl (C=O) groups excluding carboxylic acids is 1. The number of rotatable bonds is 4. The van der Waals surface area contributed by atoms with Gasteiger partial charge in [-0.05, 0) is 14.1 Å². The molecule has 0 aliphatic rings. The molecule has 0 aromatic carbocycles. The molecule has 1 heterocycles. The van der Waals surface area contributed by atoms with Gasteiger partial charge in [-0.2, -0.15) is 4.98 Å². The van der Waals surface area contributed by atoms with Crippen LogP contribution in [-0.2, 0) is 6.42 Å². The van der Waals surface area contributed by atoms with Gasteiger partial charge >= 0.3 is 0 Å². The first-order valence-electron chi connectivity index (χ1n) is 4.08.